The summed E-state index contributed by atoms with van der Waals surface area (Å²) in [7, 11) is 2.62. The molecule has 0 fully saturated rings. The smallest absolute Gasteiger partial charge is 0.330 e. The van der Waals surface area contributed by atoms with E-state index in [1.165, 1.54) is 16.6 Å². The third-order valence-corrected chi connectivity index (χ3v) is 5.60. The van der Waals surface area contributed by atoms with Crippen LogP contribution in [0.1, 0.15) is 40.3 Å². The number of aryl methyl sites for hydroxylation is 2. The fourth-order valence-electron chi connectivity index (χ4n) is 4.16. The van der Waals surface area contributed by atoms with Gasteiger partial charge < -0.3 is 4.90 Å². The van der Waals surface area contributed by atoms with Gasteiger partial charge in [0.2, 0.25) is 0 Å². The van der Waals surface area contributed by atoms with Crippen molar-refractivity contribution in [2.24, 2.45) is 14.1 Å². The van der Waals surface area contributed by atoms with E-state index in [1.54, 1.807) is 6.92 Å². The zero-order valence-electron chi connectivity index (χ0n) is 17.1. The van der Waals surface area contributed by atoms with Gasteiger partial charge in [0.15, 0.2) is 23.1 Å². The van der Waals surface area contributed by atoms with Gasteiger partial charge in [-0.15, -0.1) is 0 Å². The van der Waals surface area contributed by atoms with Gasteiger partial charge in [0.1, 0.15) is 0 Å². The van der Waals surface area contributed by atoms with E-state index in [4.69, 9.17) is 0 Å². The molecule has 0 unspecified atom stereocenters. The summed E-state index contributed by atoms with van der Waals surface area (Å²) >= 11 is 0. The number of benzene rings is 1. The van der Waals surface area contributed by atoms with E-state index in [2.05, 4.69) is 10.2 Å². The van der Waals surface area contributed by atoms with E-state index < -0.39 is 46.8 Å². The van der Waals surface area contributed by atoms with E-state index >= 15 is 0 Å². The summed E-state index contributed by atoms with van der Waals surface area (Å²) < 4.78 is 83.1. The van der Waals surface area contributed by atoms with Gasteiger partial charge in [-0.3, -0.25) is 14.2 Å². The predicted molar refractivity (Wildman–Crippen MR) is 99.9 cm³/mol. The van der Waals surface area contributed by atoms with Crippen LogP contribution in [-0.4, -0.2) is 36.9 Å². The van der Waals surface area contributed by atoms with Crippen LogP contribution in [0.5, 0.6) is 0 Å². The van der Waals surface area contributed by atoms with Crippen LogP contribution in [0.2, 0.25) is 0 Å². The molecule has 0 bridgehead atoms. The number of aromatic nitrogens is 4. The van der Waals surface area contributed by atoms with Crippen molar-refractivity contribution < 1.29 is 31.1 Å². The summed E-state index contributed by atoms with van der Waals surface area (Å²) in [4.78, 5) is 14.2. The van der Waals surface area contributed by atoms with Gasteiger partial charge >= 0.3 is 6.18 Å². The molecule has 1 amide bonds. The van der Waals surface area contributed by atoms with Crippen LogP contribution in [0, 0.1) is 17.5 Å². The Hall–Kier alpha value is -3.31. The molecule has 1 atom stereocenters. The Bertz CT molecular complexity index is 1210. The number of amides is 1. The number of rotatable bonds is 2. The average Bonchev–Trinajstić information content (AvgIpc) is 3.25. The Labute approximate surface area is 178 Å². The van der Waals surface area contributed by atoms with Crippen LogP contribution in [0.4, 0.5) is 26.3 Å². The Balaban J connectivity index is 1.73. The lowest BCUT2D eigenvalue weighted by Crippen LogP contribution is -2.39. The molecule has 1 aliphatic heterocycles. The first kappa shape index (κ1) is 21.9. The molecular formula is C20H17F6N5O. The fraction of sp³-hybridized carbons (Fsp3) is 0.350. The fourth-order valence-corrected chi connectivity index (χ4v) is 4.16. The van der Waals surface area contributed by atoms with Crippen LogP contribution in [-0.2, 0) is 26.7 Å². The molecule has 12 heteroatoms. The quantitative estimate of drug-likeness (QED) is 0.432. The zero-order chi connectivity index (χ0) is 23.5. The van der Waals surface area contributed by atoms with Crippen molar-refractivity contribution in [1.29, 1.82) is 0 Å². The predicted octanol–water partition coefficient (Wildman–Crippen LogP) is 4.02. The maximum absolute atomic E-state index is 13.8. The van der Waals surface area contributed by atoms with Gasteiger partial charge in [0.25, 0.3) is 5.91 Å². The molecule has 0 saturated heterocycles. The molecule has 0 aliphatic carbocycles. The standard InChI is InChI=1S/C20H17F6N5O/c1-9-16-11(17(29(2)28-16)10-6-13(21)15(23)14(22)7-10)4-5-31(9)19(32)12-8-27-30(3)18(12)20(24,25)26/h6-9H,4-5H2,1-3H3/t9-/m0/s1. The maximum atomic E-state index is 13.8. The molecule has 3 heterocycles. The highest BCUT2D eigenvalue weighted by Gasteiger charge is 2.42. The molecule has 3 aromatic rings. The minimum Gasteiger partial charge on any atom is -0.330 e. The largest absolute Gasteiger partial charge is 0.433 e. The molecule has 0 spiro atoms. The summed E-state index contributed by atoms with van der Waals surface area (Å²) in [5.41, 5.74) is -0.361. The van der Waals surface area contributed by atoms with E-state index in [1.807, 2.05) is 0 Å². The second kappa shape index (κ2) is 7.38. The molecule has 2 aromatic heterocycles. The number of nitrogens with zero attached hydrogens (tertiary/aromatic N) is 5. The van der Waals surface area contributed by atoms with Crippen LogP contribution < -0.4 is 0 Å². The van der Waals surface area contributed by atoms with Gasteiger partial charge in [-0.2, -0.15) is 23.4 Å². The third-order valence-electron chi connectivity index (χ3n) is 5.60. The minimum absolute atomic E-state index is 0.0457. The molecule has 0 radical (unpaired) electrons. The zero-order valence-corrected chi connectivity index (χ0v) is 17.1. The monoisotopic (exact) mass is 457 g/mol. The first-order chi connectivity index (χ1) is 14.9. The van der Waals surface area contributed by atoms with Gasteiger partial charge in [0.05, 0.1) is 29.2 Å². The van der Waals surface area contributed by atoms with Crippen molar-refractivity contribution in [2.45, 2.75) is 25.6 Å². The molecule has 0 N–H and O–H groups in total. The van der Waals surface area contributed by atoms with Crippen molar-refractivity contribution >= 4 is 5.91 Å². The summed E-state index contributed by atoms with van der Waals surface area (Å²) in [5.74, 6) is -5.15. The number of carbonyl (C=O) groups is 1. The number of hydrogen-bond donors (Lipinski definition) is 0. The highest BCUT2D eigenvalue weighted by molar-refractivity contribution is 5.95. The molecule has 6 nitrogen and oxygen atoms in total. The van der Waals surface area contributed by atoms with Crippen LogP contribution in [0.25, 0.3) is 11.3 Å². The lowest BCUT2D eigenvalue weighted by molar-refractivity contribution is -0.144. The average molecular weight is 457 g/mol. The lowest BCUT2D eigenvalue weighted by Gasteiger charge is -2.33. The number of hydrogen-bond acceptors (Lipinski definition) is 3. The lowest BCUT2D eigenvalue weighted by atomic mass is 9.95. The van der Waals surface area contributed by atoms with Gasteiger partial charge in [-0.1, -0.05) is 0 Å². The molecule has 170 valence electrons. The molecule has 4 rings (SSSR count). The SMILES string of the molecule is C[C@H]1c2nn(C)c(-c3cc(F)c(F)c(F)c3)c2CCN1C(=O)c1cnn(C)c1C(F)(F)F. The Morgan fingerprint density at radius 2 is 1.72 bits per heavy atom. The number of fused-ring (bicyclic) bond motifs is 1. The molecule has 0 saturated carbocycles. The van der Waals surface area contributed by atoms with E-state index in [0.717, 1.165) is 25.4 Å². The topological polar surface area (TPSA) is 56.0 Å². The Morgan fingerprint density at radius 3 is 2.31 bits per heavy atom. The summed E-state index contributed by atoms with van der Waals surface area (Å²) in [5, 5.41) is 7.91. The molecular weight excluding hydrogens is 440 g/mol. The Morgan fingerprint density at radius 1 is 1.09 bits per heavy atom. The van der Waals surface area contributed by atoms with Gasteiger partial charge in [0, 0.05) is 31.8 Å². The van der Waals surface area contributed by atoms with E-state index in [9.17, 15) is 31.1 Å². The summed E-state index contributed by atoms with van der Waals surface area (Å²) in [6, 6.07) is 0.981. The first-order valence-corrected chi connectivity index (χ1v) is 9.52. The second-order valence-electron chi connectivity index (χ2n) is 7.54. The summed E-state index contributed by atoms with van der Waals surface area (Å²) in [6.45, 7) is 1.65. The third kappa shape index (κ3) is 3.33. The molecule has 1 aliphatic rings. The van der Waals surface area contributed by atoms with Crippen LogP contribution in [0.3, 0.4) is 0 Å². The van der Waals surface area contributed by atoms with Crippen molar-refractivity contribution in [3.8, 4) is 11.3 Å². The van der Waals surface area contributed by atoms with E-state index in [-0.39, 0.29) is 18.5 Å². The number of halogens is 6. The van der Waals surface area contributed by atoms with Gasteiger partial charge in [-0.05, 0) is 25.5 Å². The highest BCUT2D eigenvalue weighted by atomic mass is 19.4. The van der Waals surface area contributed by atoms with Crippen LogP contribution >= 0.6 is 0 Å². The van der Waals surface area contributed by atoms with E-state index in [0.29, 0.717) is 21.6 Å². The molecule has 1 aromatic carbocycles. The van der Waals surface area contributed by atoms with Crippen molar-refractivity contribution in [1.82, 2.24) is 24.5 Å². The summed E-state index contributed by atoms with van der Waals surface area (Å²) in [6.07, 6.45) is -3.71. The number of carbonyl (C=O) groups excluding carboxylic acids is 1. The minimum atomic E-state index is -4.77. The highest BCUT2D eigenvalue weighted by Crippen LogP contribution is 2.38. The second-order valence-corrected chi connectivity index (χ2v) is 7.54. The number of alkyl halides is 3. The maximum Gasteiger partial charge on any atom is 0.433 e. The van der Waals surface area contributed by atoms with Crippen molar-refractivity contribution in [3.63, 3.8) is 0 Å². The first-order valence-electron chi connectivity index (χ1n) is 9.52. The van der Waals surface area contributed by atoms with Crippen molar-refractivity contribution in [3.05, 3.63) is 58.3 Å². The Kier molecular flexibility index (Phi) is 5.05. The van der Waals surface area contributed by atoms with Gasteiger partial charge in [-0.25, -0.2) is 13.2 Å². The van der Waals surface area contributed by atoms with Crippen molar-refractivity contribution in [2.75, 3.05) is 6.54 Å². The van der Waals surface area contributed by atoms with Crippen LogP contribution in [0.15, 0.2) is 18.3 Å². The normalized spacial score (nSPS) is 16.4. The molecule has 32 heavy (non-hydrogen) atoms.